The van der Waals surface area contributed by atoms with Crippen molar-refractivity contribution in [1.29, 1.82) is 0 Å². The second-order valence-electron chi connectivity index (χ2n) is 6.65. The first-order valence-corrected chi connectivity index (χ1v) is 8.18. The van der Waals surface area contributed by atoms with Crippen molar-refractivity contribution < 1.29 is 9.59 Å². The minimum absolute atomic E-state index is 0.137. The smallest absolute Gasteiger partial charge is 0.259 e. The summed E-state index contributed by atoms with van der Waals surface area (Å²) < 4.78 is 0. The van der Waals surface area contributed by atoms with Gasteiger partial charge in [0.1, 0.15) is 0 Å². The Morgan fingerprint density at radius 1 is 1.23 bits per heavy atom. The first kappa shape index (κ1) is 15.1. The molecule has 0 N–H and O–H groups in total. The summed E-state index contributed by atoms with van der Waals surface area (Å²) in [5.74, 6) is 0.317. The molecule has 2 saturated heterocycles. The molecule has 1 aromatic rings. The minimum atomic E-state index is -0.395. The summed E-state index contributed by atoms with van der Waals surface area (Å²) in [6.07, 6.45) is 2.09. The first-order chi connectivity index (χ1) is 10.6. The van der Waals surface area contributed by atoms with Gasteiger partial charge in [-0.2, -0.15) is 0 Å². The Bertz CT molecular complexity index is 577. The summed E-state index contributed by atoms with van der Waals surface area (Å²) in [5, 5.41) is 0. The lowest BCUT2D eigenvalue weighted by Gasteiger charge is -2.54. The number of nitrogens with zero attached hydrogens (tertiary/aromatic N) is 2. The normalized spacial score (nSPS) is 24.6. The number of carbonyl (C=O) groups excluding carboxylic acids is 2. The second-order valence-corrected chi connectivity index (χ2v) is 6.65. The molecule has 116 valence electrons. The fourth-order valence-electron chi connectivity index (χ4n) is 3.72. The zero-order valence-electron chi connectivity index (χ0n) is 13.4. The van der Waals surface area contributed by atoms with E-state index in [0.717, 1.165) is 32.4 Å². The molecule has 0 bridgehead atoms. The average Bonchev–Trinajstić information content (AvgIpc) is 2.53. The van der Waals surface area contributed by atoms with E-state index in [1.54, 1.807) is 0 Å². The topological polar surface area (TPSA) is 40.6 Å². The Morgan fingerprint density at radius 3 is 2.55 bits per heavy atom. The fourth-order valence-corrected chi connectivity index (χ4v) is 3.72. The predicted molar refractivity (Wildman–Crippen MR) is 87.4 cm³/mol. The van der Waals surface area contributed by atoms with Gasteiger partial charge in [0.25, 0.3) is 6.85 Å². The number of amides is 2. The molecule has 2 heterocycles. The summed E-state index contributed by atoms with van der Waals surface area (Å²) in [5.41, 5.74) is 0.855. The van der Waals surface area contributed by atoms with Crippen LogP contribution in [0.4, 0.5) is 0 Å². The fraction of sp³-hybridized carbons (Fsp3) is 0.529. The Labute approximate surface area is 132 Å². The van der Waals surface area contributed by atoms with Gasteiger partial charge in [0, 0.05) is 26.1 Å². The van der Waals surface area contributed by atoms with Crippen LogP contribution in [0, 0.1) is 5.41 Å². The predicted octanol–water partition coefficient (Wildman–Crippen LogP) is 1.86. The van der Waals surface area contributed by atoms with Crippen molar-refractivity contribution in [1.82, 2.24) is 9.71 Å². The van der Waals surface area contributed by atoms with Gasteiger partial charge in [0.05, 0.1) is 5.41 Å². The van der Waals surface area contributed by atoms with Gasteiger partial charge in [0.2, 0.25) is 11.8 Å². The highest BCUT2D eigenvalue weighted by Gasteiger charge is 2.56. The van der Waals surface area contributed by atoms with Crippen molar-refractivity contribution in [2.24, 2.45) is 5.41 Å². The molecule has 1 unspecified atom stereocenters. The molecule has 1 spiro atoms. The van der Waals surface area contributed by atoms with Crippen LogP contribution in [0.25, 0.3) is 0 Å². The highest BCUT2D eigenvalue weighted by Crippen LogP contribution is 2.42. The molecule has 22 heavy (non-hydrogen) atoms. The van der Waals surface area contributed by atoms with E-state index in [0.29, 0.717) is 6.42 Å². The van der Waals surface area contributed by atoms with Gasteiger partial charge in [-0.05, 0) is 19.7 Å². The number of hydrogen-bond acceptors (Lipinski definition) is 2. The molecule has 5 heteroatoms. The number of carbonyl (C=O) groups is 2. The largest absolute Gasteiger partial charge is 0.385 e. The lowest BCUT2D eigenvalue weighted by Crippen LogP contribution is -2.69. The molecule has 2 amide bonds. The van der Waals surface area contributed by atoms with Gasteiger partial charge in [-0.3, -0.25) is 9.59 Å². The maximum atomic E-state index is 12.7. The average molecular weight is 298 g/mol. The highest BCUT2D eigenvalue weighted by atomic mass is 16.2. The lowest BCUT2D eigenvalue weighted by atomic mass is 9.52. The van der Waals surface area contributed by atoms with Crippen LogP contribution in [-0.2, 0) is 15.9 Å². The van der Waals surface area contributed by atoms with Gasteiger partial charge in [-0.1, -0.05) is 42.7 Å². The third-order valence-electron chi connectivity index (χ3n) is 5.18. The van der Waals surface area contributed by atoms with E-state index in [1.807, 2.05) is 34.8 Å². The molecule has 0 saturated carbocycles. The maximum absolute atomic E-state index is 12.7. The van der Waals surface area contributed by atoms with Crippen molar-refractivity contribution >= 4 is 18.7 Å². The van der Waals surface area contributed by atoms with Crippen LogP contribution in [0.15, 0.2) is 30.3 Å². The molecule has 0 aromatic heterocycles. The van der Waals surface area contributed by atoms with Crippen molar-refractivity contribution in [2.45, 2.75) is 32.9 Å². The van der Waals surface area contributed by atoms with Gasteiger partial charge in [0.15, 0.2) is 0 Å². The molecular formula is C17H23BN2O2. The van der Waals surface area contributed by atoms with Gasteiger partial charge in [-0.25, -0.2) is 0 Å². The molecule has 0 aliphatic carbocycles. The summed E-state index contributed by atoms with van der Waals surface area (Å²) in [7, 11) is 0. The van der Waals surface area contributed by atoms with E-state index in [2.05, 4.69) is 19.0 Å². The summed E-state index contributed by atoms with van der Waals surface area (Å²) >= 11 is 0. The number of β-lactam (4-membered cyclic amide) rings is 1. The third kappa shape index (κ3) is 2.53. The standard InChI is InChI=1S/C17H23BN2O2/c1-3-19-10-9-17(11-15(19)21)13-20(16(17)22)18(2)12-14-7-5-4-6-8-14/h4-8H,3,9-13H2,1-2H3. The second kappa shape index (κ2) is 5.78. The van der Waals surface area contributed by atoms with E-state index in [9.17, 15) is 9.59 Å². The van der Waals surface area contributed by atoms with Crippen molar-refractivity contribution in [3.05, 3.63) is 35.9 Å². The van der Waals surface area contributed by atoms with E-state index < -0.39 is 5.41 Å². The van der Waals surface area contributed by atoms with Gasteiger partial charge >= 0.3 is 0 Å². The van der Waals surface area contributed by atoms with Crippen LogP contribution in [0.5, 0.6) is 0 Å². The number of piperidine rings is 1. The molecule has 2 aliphatic rings. The zero-order valence-corrected chi connectivity index (χ0v) is 13.4. The monoisotopic (exact) mass is 298 g/mol. The Kier molecular flexibility index (Phi) is 3.98. The minimum Gasteiger partial charge on any atom is -0.385 e. The molecular weight excluding hydrogens is 275 g/mol. The third-order valence-corrected chi connectivity index (χ3v) is 5.18. The van der Waals surface area contributed by atoms with Crippen molar-refractivity contribution in [3.63, 3.8) is 0 Å². The molecule has 2 aliphatic heterocycles. The number of benzene rings is 1. The number of rotatable bonds is 4. The lowest BCUT2D eigenvalue weighted by molar-refractivity contribution is -0.163. The number of likely N-dealkylation sites (tertiary alicyclic amines) is 1. The number of hydrogen-bond donors (Lipinski definition) is 0. The molecule has 3 rings (SSSR count). The first-order valence-electron chi connectivity index (χ1n) is 8.18. The molecule has 2 fully saturated rings. The van der Waals surface area contributed by atoms with E-state index in [4.69, 9.17) is 0 Å². The molecule has 0 radical (unpaired) electrons. The van der Waals surface area contributed by atoms with Crippen molar-refractivity contribution in [3.8, 4) is 0 Å². The van der Waals surface area contributed by atoms with Crippen LogP contribution >= 0.6 is 0 Å². The van der Waals surface area contributed by atoms with Gasteiger partial charge < -0.3 is 9.71 Å². The molecule has 1 aromatic carbocycles. The van der Waals surface area contributed by atoms with Gasteiger partial charge in [-0.15, -0.1) is 0 Å². The van der Waals surface area contributed by atoms with Crippen LogP contribution < -0.4 is 0 Å². The Hall–Kier alpha value is -1.78. The van der Waals surface area contributed by atoms with E-state index in [-0.39, 0.29) is 18.7 Å². The summed E-state index contributed by atoms with van der Waals surface area (Å²) in [6.45, 7) is 6.50. The summed E-state index contributed by atoms with van der Waals surface area (Å²) in [6, 6.07) is 10.3. The van der Waals surface area contributed by atoms with E-state index >= 15 is 0 Å². The van der Waals surface area contributed by atoms with Crippen LogP contribution in [0.1, 0.15) is 25.3 Å². The highest BCUT2D eigenvalue weighted by molar-refractivity contribution is 6.57. The van der Waals surface area contributed by atoms with Crippen LogP contribution in [0.2, 0.25) is 6.82 Å². The quantitative estimate of drug-likeness (QED) is 0.629. The Balaban J connectivity index is 1.61. The van der Waals surface area contributed by atoms with Crippen LogP contribution in [-0.4, -0.2) is 48.0 Å². The van der Waals surface area contributed by atoms with Crippen molar-refractivity contribution in [2.75, 3.05) is 19.6 Å². The van der Waals surface area contributed by atoms with Crippen LogP contribution in [0.3, 0.4) is 0 Å². The Morgan fingerprint density at radius 2 is 1.95 bits per heavy atom. The van der Waals surface area contributed by atoms with E-state index in [1.165, 1.54) is 5.56 Å². The summed E-state index contributed by atoms with van der Waals surface area (Å²) in [4.78, 5) is 28.6. The molecule has 1 atom stereocenters. The SMILES string of the molecule is CCN1CCC2(CC1=O)CN(B(C)Cc1ccccc1)C2=O. The molecule has 4 nitrogen and oxygen atoms in total. The maximum Gasteiger partial charge on any atom is 0.259 e. The zero-order chi connectivity index (χ0) is 15.7.